The van der Waals surface area contributed by atoms with Crippen molar-refractivity contribution in [2.75, 3.05) is 6.16 Å². The number of hydrogen-bond acceptors (Lipinski definition) is 0. The molecule has 0 radical (unpaired) electrons. The molecule has 0 atom stereocenters. The first-order valence-corrected chi connectivity index (χ1v) is 11.0. The number of rotatable bonds is 5. The summed E-state index contributed by atoms with van der Waals surface area (Å²) in [5.74, 6) is -3.08. The number of benzene rings is 3. The predicted octanol–water partition coefficient (Wildman–Crippen LogP) is 4.03. The molecule has 3 aromatic rings. The Labute approximate surface area is 148 Å². The van der Waals surface area contributed by atoms with Crippen LogP contribution in [0.4, 0.5) is 0 Å². The minimum Gasteiger partial charge on any atom is -0.412 e. The molecule has 1 nitrogen and oxygen atoms in total. The molecule has 2 N–H and O–H groups in total. The summed E-state index contributed by atoms with van der Waals surface area (Å²) < 4.78 is 0. The van der Waals surface area contributed by atoms with Crippen molar-refractivity contribution >= 4 is 33.1 Å². The summed E-state index contributed by atoms with van der Waals surface area (Å²) in [6.45, 7) is 4.02. The van der Waals surface area contributed by atoms with E-state index in [1.807, 2.05) is 24.3 Å². The quantitative estimate of drug-likeness (QED) is 0.488. The average Bonchev–Trinajstić information content (AvgIpc) is 2.64. The van der Waals surface area contributed by atoms with E-state index in [0.717, 1.165) is 6.16 Å². The maximum Gasteiger partial charge on any atom is -0.412 e. The summed E-state index contributed by atoms with van der Waals surface area (Å²) in [7, 11) is 0. The van der Waals surface area contributed by atoms with Crippen molar-refractivity contribution in [1.29, 1.82) is 0 Å². The van der Waals surface area contributed by atoms with Crippen LogP contribution in [-0.4, -0.2) is 11.6 Å². The zero-order chi connectivity index (χ0) is 16.2. The fourth-order valence-corrected chi connectivity index (χ4v) is 8.92. The molecular formula is C21H22ClOP. The van der Waals surface area contributed by atoms with Gasteiger partial charge in [-0.2, -0.15) is 0 Å². The topological polar surface area (TPSA) is 31.5 Å². The van der Waals surface area contributed by atoms with Crippen LogP contribution in [0.25, 0.3) is 0 Å². The Morgan fingerprint density at radius 2 is 0.958 bits per heavy atom. The largest absolute Gasteiger partial charge is 0.412 e. The summed E-state index contributed by atoms with van der Waals surface area (Å²) in [5.41, 5.74) is 0. The van der Waals surface area contributed by atoms with Gasteiger partial charge in [0.15, 0.2) is 0 Å². The Morgan fingerprint density at radius 3 is 1.21 bits per heavy atom. The smallest absolute Gasteiger partial charge is 0.412 e. The minimum absolute atomic E-state index is 0. The summed E-state index contributed by atoms with van der Waals surface area (Å²) in [4.78, 5) is 0. The van der Waals surface area contributed by atoms with Crippen LogP contribution in [0.1, 0.15) is 0 Å². The molecule has 0 amide bonds. The van der Waals surface area contributed by atoms with E-state index in [1.54, 1.807) is 0 Å². The Hall–Kier alpha value is -1.92. The van der Waals surface area contributed by atoms with Crippen LogP contribution in [-0.2, 0) is 0 Å². The molecule has 3 heteroatoms. The van der Waals surface area contributed by atoms with E-state index in [1.165, 1.54) is 15.9 Å². The average molecular weight is 357 g/mol. The minimum atomic E-state index is -3.08. The van der Waals surface area contributed by atoms with Gasteiger partial charge in [-0.05, 0) is 0 Å². The number of halogens is 1. The molecule has 0 unspecified atom stereocenters. The molecule has 3 rings (SSSR count). The maximum absolute atomic E-state index is 7.73. The Kier molecular flexibility index (Phi) is 5.62. The van der Waals surface area contributed by atoms with Crippen LogP contribution in [0.2, 0.25) is 0 Å². The molecule has 0 saturated heterocycles. The molecular weight excluding hydrogens is 335 g/mol. The predicted molar refractivity (Wildman–Crippen MR) is 110 cm³/mol. The normalized spacial score (nSPS) is 12.5. The number of hydrogen-bond donors (Lipinski definition) is 0. The van der Waals surface area contributed by atoms with Crippen LogP contribution < -0.4 is 15.9 Å². The molecule has 124 valence electrons. The van der Waals surface area contributed by atoms with Crippen molar-refractivity contribution in [3.63, 3.8) is 0 Å². The monoisotopic (exact) mass is 356 g/mol. The summed E-state index contributed by atoms with van der Waals surface area (Å²) in [6, 6.07) is 31.4. The molecule has 0 aliphatic rings. The Bertz CT molecular complexity index is 688. The van der Waals surface area contributed by atoms with Crippen LogP contribution >= 0.6 is 17.2 Å². The Balaban J connectivity index is 0.00000208. The second kappa shape index (κ2) is 7.32. The van der Waals surface area contributed by atoms with Crippen molar-refractivity contribution < 1.29 is 5.48 Å². The van der Waals surface area contributed by atoms with Crippen molar-refractivity contribution in [2.45, 2.75) is 0 Å². The summed E-state index contributed by atoms with van der Waals surface area (Å²) >= 11 is 7.73. The van der Waals surface area contributed by atoms with Gasteiger partial charge in [-0.25, -0.2) is 0 Å². The molecule has 0 aliphatic heterocycles. The van der Waals surface area contributed by atoms with Gasteiger partial charge in [0.2, 0.25) is 0 Å². The van der Waals surface area contributed by atoms with E-state index in [0.29, 0.717) is 0 Å². The molecule has 3 aromatic carbocycles. The molecule has 0 aliphatic carbocycles. The van der Waals surface area contributed by atoms with Gasteiger partial charge < -0.3 is 5.48 Å². The third kappa shape index (κ3) is 2.80. The second-order valence-corrected chi connectivity index (χ2v) is 12.2. The van der Waals surface area contributed by atoms with Gasteiger partial charge in [-0.15, -0.1) is 0 Å². The van der Waals surface area contributed by atoms with E-state index < -0.39 is 5.96 Å². The van der Waals surface area contributed by atoms with E-state index in [9.17, 15) is 0 Å². The molecule has 0 heterocycles. The van der Waals surface area contributed by atoms with Gasteiger partial charge in [0.05, 0.1) is 0 Å². The third-order valence-electron chi connectivity index (χ3n) is 4.36. The zero-order valence-corrected chi connectivity index (χ0v) is 15.1. The number of allylic oxidation sites excluding steroid dienone is 1. The maximum atomic E-state index is 7.73. The van der Waals surface area contributed by atoms with E-state index >= 15 is 0 Å². The SMILES string of the molecule is C=CCP(Cl)(c1ccccc1)(c1ccccc1)c1ccccc1.O. The van der Waals surface area contributed by atoms with Crippen LogP contribution in [0.3, 0.4) is 0 Å². The van der Waals surface area contributed by atoms with E-state index in [-0.39, 0.29) is 5.48 Å². The van der Waals surface area contributed by atoms with Gasteiger partial charge in [0, 0.05) is 0 Å². The van der Waals surface area contributed by atoms with Crippen molar-refractivity contribution in [2.24, 2.45) is 0 Å². The van der Waals surface area contributed by atoms with Gasteiger partial charge in [0.25, 0.3) is 0 Å². The molecule has 0 saturated carbocycles. The van der Waals surface area contributed by atoms with Crippen LogP contribution in [0.15, 0.2) is 104 Å². The summed E-state index contributed by atoms with van der Waals surface area (Å²) in [6.07, 6.45) is 2.68. The van der Waals surface area contributed by atoms with Crippen LogP contribution in [0, 0.1) is 0 Å². The first kappa shape index (κ1) is 18.4. The van der Waals surface area contributed by atoms with Crippen molar-refractivity contribution in [1.82, 2.24) is 0 Å². The molecule has 0 spiro atoms. The molecule has 24 heavy (non-hydrogen) atoms. The second-order valence-electron chi connectivity index (χ2n) is 5.66. The van der Waals surface area contributed by atoms with E-state index in [2.05, 4.69) is 79.4 Å². The standard InChI is InChI=1S/C21H20ClP.H2O/c1-2-18-23(22,19-12-6-3-7-13-19,20-14-8-4-9-15-20)21-16-10-5-11-17-21;/h2-17H,1,18H2;1H2. The van der Waals surface area contributed by atoms with Gasteiger partial charge in [-0.3, -0.25) is 0 Å². The molecule has 0 bridgehead atoms. The Morgan fingerprint density at radius 1 is 0.667 bits per heavy atom. The van der Waals surface area contributed by atoms with Gasteiger partial charge >= 0.3 is 143 Å². The van der Waals surface area contributed by atoms with Gasteiger partial charge in [0.1, 0.15) is 0 Å². The van der Waals surface area contributed by atoms with Crippen molar-refractivity contribution in [3.05, 3.63) is 104 Å². The first-order valence-electron chi connectivity index (χ1n) is 7.70. The van der Waals surface area contributed by atoms with E-state index in [4.69, 9.17) is 11.2 Å². The third-order valence-corrected chi connectivity index (χ3v) is 11.6. The van der Waals surface area contributed by atoms with Gasteiger partial charge in [-0.1, -0.05) is 0 Å². The zero-order valence-electron chi connectivity index (χ0n) is 13.5. The van der Waals surface area contributed by atoms with Crippen molar-refractivity contribution in [3.8, 4) is 0 Å². The fourth-order valence-electron chi connectivity index (χ4n) is 3.22. The fraction of sp³-hybridized carbons (Fsp3) is 0.0476. The van der Waals surface area contributed by atoms with Crippen LogP contribution in [0.5, 0.6) is 0 Å². The molecule has 0 fully saturated rings. The molecule has 0 aromatic heterocycles. The summed E-state index contributed by atoms with van der Waals surface area (Å²) in [5, 5.41) is 3.53. The first-order chi connectivity index (χ1) is 11.2.